The molecule has 1 N–H and O–H groups in total. The molecule has 0 radical (unpaired) electrons. The van der Waals surface area contributed by atoms with Crippen molar-refractivity contribution in [2.75, 3.05) is 24.7 Å². The van der Waals surface area contributed by atoms with E-state index in [9.17, 15) is 14.4 Å². The molecule has 0 bridgehead atoms. The van der Waals surface area contributed by atoms with Crippen LogP contribution in [0.4, 0.5) is 5.69 Å². The van der Waals surface area contributed by atoms with Crippen LogP contribution in [0.25, 0.3) is 0 Å². The second-order valence-electron chi connectivity index (χ2n) is 8.11. The maximum absolute atomic E-state index is 12.8. The fraction of sp³-hybridized carbons (Fsp3) is 0.375. The summed E-state index contributed by atoms with van der Waals surface area (Å²) in [6.45, 7) is 9.18. The first kappa shape index (κ1) is 22.3. The van der Waals surface area contributed by atoms with Crippen LogP contribution in [0.5, 0.6) is 11.5 Å². The molecule has 7 nitrogen and oxygen atoms in total. The van der Waals surface area contributed by atoms with Crippen LogP contribution in [-0.2, 0) is 9.59 Å². The standard InChI is InChI=1S/C24H28N2O5/c1-14(2)25-22(28)11-26-19-10-18(6-7-21(19)30-13-23(26)29)20(27)12-31-24-16(4)8-15(3)9-17(24)5/h6-10,14H,11-13H2,1-5H3,(H,25,28). The Bertz CT molecular complexity index is 1010. The second-order valence-corrected chi connectivity index (χ2v) is 8.11. The summed E-state index contributed by atoms with van der Waals surface area (Å²) < 4.78 is 11.3. The molecule has 31 heavy (non-hydrogen) atoms. The fourth-order valence-electron chi connectivity index (χ4n) is 3.68. The quantitative estimate of drug-likeness (QED) is 0.691. The van der Waals surface area contributed by atoms with Crippen molar-refractivity contribution < 1.29 is 23.9 Å². The molecule has 0 spiro atoms. The number of fused-ring (bicyclic) bond motifs is 1. The van der Waals surface area contributed by atoms with E-state index >= 15 is 0 Å². The van der Waals surface area contributed by atoms with Gasteiger partial charge in [0.1, 0.15) is 18.0 Å². The number of ether oxygens (including phenoxy) is 2. The van der Waals surface area contributed by atoms with Gasteiger partial charge in [-0.15, -0.1) is 0 Å². The van der Waals surface area contributed by atoms with Crippen LogP contribution in [0.1, 0.15) is 40.9 Å². The number of rotatable bonds is 7. The minimum absolute atomic E-state index is 0.0399. The van der Waals surface area contributed by atoms with Gasteiger partial charge in [-0.1, -0.05) is 17.7 Å². The third-order valence-corrected chi connectivity index (χ3v) is 4.93. The van der Waals surface area contributed by atoms with Crippen molar-refractivity contribution in [1.29, 1.82) is 0 Å². The van der Waals surface area contributed by atoms with E-state index in [-0.39, 0.29) is 43.4 Å². The molecule has 2 amide bonds. The number of nitrogens with one attached hydrogen (secondary N) is 1. The Morgan fingerprint density at radius 3 is 2.45 bits per heavy atom. The van der Waals surface area contributed by atoms with Crippen molar-refractivity contribution in [3.8, 4) is 11.5 Å². The van der Waals surface area contributed by atoms with Gasteiger partial charge in [0.15, 0.2) is 19.0 Å². The first-order chi connectivity index (χ1) is 14.7. The van der Waals surface area contributed by atoms with E-state index in [0.717, 1.165) is 16.7 Å². The highest BCUT2D eigenvalue weighted by molar-refractivity contribution is 6.04. The van der Waals surface area contributed by atoms with E-state index in [1.54, 1.807) is 18.2 Å². The molecule has 1 aliphatic heterocycles. The van der Waals surface area contributed by atoms with E-state index < -0.39 is 0 Å². The molecule has 0 saturated carbocycles. The minimum atomic E-state index is -0.335. The van der Waals surface area contributed by atoms with Crippen molar-refractivity contribution in [2.24, 2.45) is 0 Å². The predicted octanol–water partition coefficient (Wildman–Crippen LogP) is 3.12. The molecule has 1 heterocycles. The van der Waals surface area contributed by atoms with E-state index in [2.05, 4.69) is 5.32 Å². The SMILES string of the molecule is Cc1cc(C)c(OCC(=O)c2ccc3c(c2)N(CC(=O)NC(C)C)C(=O)CO3)c(C)c1. The van der Waals surface area contributed by atoms with Gasteiger partial charge in [0.2, 0.25) is 5.91 Å². The van der Waals surface area contributed by atoms with Gasteiger partial charge in [0, 0.05) is 11.6 Å². The van der Waals surface area contributed by atoms with Gasteiger partial charge in [-0.05, 0) is 63.9 Å². The molecule has 0 fully saturated rings. The monoisotopic (exact) mass is 424 g/mol. The van der Waals surface area contributed by atoms with Gasteiger partial charge < -0.3 is 14.8 Å². The van der Waals surface area contributed by atoms with Crippen molar-refractivity contribution in [1.82, 2.24) is 5.32 Å². The Kier molecular flexibility index (Phi) is 6.63. The Morgan fingerprint density at radius 2 is 1.81 bits per heavy atom. The van der Waals surface area contributed by atoms with Crippen LogP contribution in [0.2, 0.25) is 0 Å². The molecule has 164 valence electrons. The molecule has 2 aromatic rings. The van der Waals surface area contributed by atoms with Crippen molar-refractivity contribution in [3.63, 3.8) is 0 Å². The van der Waals surface area contributed by atoms with Gasteiger partial charge in [0.05, 0.1) is 5.69 Å². The Labute approximate surface area is 182 Å². The third-order valence-electron chi connectivity index (χ3n) is 4.93. The summed E-state index contributed by atoms with van der Waals surface area (Å²) in [4.78, 5) is 38.7. The zero-order chi connectivity index (χ0) is 22.7. The average molecular weight is 424 g/mol. The van der Waals surface area contributed by atoms with Crippen LogP contribution < -0.4 is 19.7 Å². The summed E-state index contributed by atoms with van der Waals surface area (Å²) in [5, 5.41) is 2.77. The van der Waals surface area contributed by atoms with Gasteiger partial charge in [0.25, 0.3) is 5.91 Å². The molecule has 3 rings (SSSR count). The Hall–Kier alpha value is -3.35. The maximum Gasteiger partial charge on any atom is 0.265 e. The lowest BCUT2D eigenvalue weighted by Crippen LogP contribution is -2.46. The smallest absolute Gasteiger partial charge is 0.265 e. The molecule has 0 aliphatic carbocycles. The molecular weight excluding hydrogens is 396 g/mol. The molecule has 0 aromatic heterocycles. The zero-order valence-corrected chi connectivity index (χ0v) is 18.6. The lowest BCUT2D eigenvalue weighted by atomic mass is 10.1. The number of carbonyl (C=O) groups excluding carboxylic acids is 3. The number of benzene rings is 2. The number of Topliss-reactive ketones (excluding diaryl/α,β-unsaturated/α-hetero) is 1. The largest absolute Gasteiger partial charge is 0.485 e. The van der Waals surface area contributed by atoms with Gasteiger partial charge in [-0.2, -0.15) is 0 Å². The average Bonchev–Trinajstić information content (AvgIpc) is 2.68. The number of anilines is 1. The first-order valence-corrected chi connectivity index (χ1v) is 10.3. The summed E-state index contributed by atoms with van der Waals surface area (Å²) in [6, 6.07) is 8.84. The normalized spacial score (nSPS) is 13.0. The molecule has 0 unspecified atom stereocenters. The summed E-state index contributed by atoms with van der Waals surface area (Å²) in [6.07, 6.45) is 0. The number of aryl methyl sites for hydroxylation is 3. The van der Waals surface area contributed by atoms with Crippen LogP contribution in [0.3, 0.4) is 0 Å². The number of ketones is 1. The van der Waals surface area contributed by atoms with Crippen LogP contribution >= 0.6 is 0 Å². The highest BCUT2D eigenvalue weighted by Gasteiger charge is 2.28. The number of nitrogens with zero attached hydrogens (tertiary/aromatic N) is 1. The van der Waals surface area contributed by atoms with Gasteiger partial charge >= 0.3 is 0 Å². The van der Waals surface area contributed by atoms with Gasteiger partial charge in [-0.25, -0.2) is 0 Å². The third kappa shape index (κ3) is 5.23. The Balaban J connectivity index is 1.78. The lowest BCUT2D eigenvalue weighted by Gasteiger charge is -2.29. The number of amides is 2. The topological polar surface area (TPSA) is 84.9 Å². The van der Waals surface area contributed by atoms with E-state index in [4.69, 9.17) is 9.47 Å². The molecular formula is C24H28N2O5. The highest BCUT2D eigenvalue weighted by Crippen LogP contribution is 2.33. The second kappa shape index (κ2) is 9.20. The number of hydrogen-bond acceptors (Lipinski definition) is 5. The summed E-state index contributed by atoms with van der Waals surface area (Å²) in [5.74, 6) is 0.313. The van der Waals surface area contributed by atoms with Crippen LogP contribution in [0, 0.1) is 20.8 Å². The minimum Gasteiger partial charge on any atom is -0.485 e. The Morgan fingerprint density at radius 1 is 1.13 bits per heavy atom. The predicted molar refractivity (Wildman–Crippen MR) is 118 cm³/mol. The zero-order valence-electron chi connectivity index (χ0n) is 18.6. The van der Waals surface area contributed by atoms with E-state index in [0.29, 0.717) is 22.7 Å². The number of carbonyl (C=O) groups is 3. The molecule has 1 aliphatic rings. The molecule has 0 atom stereocenters. The number of hydrogen-bond donors (Lipinski definition) is 1. The molecule has 7 heteroatoms. The maximum atomic E-state index is 12.8. The summed E-state index contributed by atoms with van der Waals surface area (Å²) >= 11 is 0. The van der Waals surface area contributed by atoms with Crippen LogP contribution in [-0.4, -0.2) is 43.4 Å². The van der Waals surface area contributed by atoms with E-state index in [1.807, 2.05) is 46.8 Å². The van der Waals surface area contributed by atoms with Gasteiger partial charge in [-0.3, -0.25) is 19.3 Å². The summed E-state index contributed by atoms with van der Waals surface area (Å²) in [7, 11) is 0. The highest BCUT2D eigenvalue weighted by atomic mass is 16.5. The van der Waals surface area contributed by atoms with Crippen molar-refractivity contribution >= 4 is 23.3 Å². The van der Waals surface area contributed by atoms with Crippen molar-refractivity contribution in [2.45, 2.75) is 40.7 Å². The van der Waals surface area contributed by atoms with Crippen molar-refractivity contribution in [3.05, 3.63) is 52.6 Å². The van der Waals surface area contributed by atoms with E-state index in [1.165, 1.54) is 4.90 Å². The fourth-order valence-corrected chi connectivity index (χ4v) is 3.68. The van der Waals surface area contributed by atoms with Crippen LogP contribution in [0.15, 0.2) is 30.3 Å². The lowest BCUT2D eigenvalue weighted by molar-refractivity contribution is -0.125. The summed E-state index contributed by atoms with van der Waals surface area (Å²) in [5.41, 5.74) is 3.86. The molecule has 2 aromatic carbocycles. The first-order valence-electron chi connectivity index (χ1n) is 10.3. The molecule has 0 saturated heterocycles.